The molecule has 1 heterocycles. The van der Waals surface area contributed by atoms with Gasteiger partial charge in [-0.2, -0.15) is 0 Å². The van der Waals surface area contributed by atoms with Crippen LogP contribution >= 0.6 is 35.6 Å². The lowest BCUT2D eigenvalue weighted by Crippen LogP contribution is -2.27. The van der Waals surface area contributed by atoms with Crippen molar-refractivity contribution in [2.24, 2.45) is 0 Å². The van der Waals surface area contributed by atoms with Gasteiger partial charge in [0.15, 0.2) is 4.32 Å². The quantitative estimate of drug-likeness (QED) is 0.215. The molecule has 0 atom stereocenters. The SMILES string of the molecule is O=C1/C(=C\c2cc(Cl)ccc2OCc2cccc3ccccc23)SC(=S)N1c1ccccc1. The van der Waals surface area contributed by atoms with Crippen molar-refractivity contribution in [3.8, 4) is 5.75 Å². The number of carbonyl (C=O) groups excluding carboxylic acids is 1. The van der Waals surface area contributed by atoms with Crippen LogP contribution in [0.2, 0.25) is 5.02 Å². The first-order valence-electron chi connectivity index (χ1n) is 10.3. The molecule has 1 aliphatic rings. The van der Waals surface area contributed by atoms with Crippen LogP contribution in [0.15, 0.2) is 95.9 Å². The van der Waals surface area contributed by atoms with Gasteiger partial charge in [-0.25, -0.2) is 0 Å². The number of thiocarbonyl (C=S) groups is 1. The van der Waals surface area contributed by atoms with Crippen LogP contribution in [0, 0.1) is 0 Å². The summed E-state index contributed by atoms with van der Waals surface area (Å²) in [6.45, 7) is 0.398. The number of halogens is 1. The number of benzene rings is 4. The number of nitrogens with zero attached hydrogens (tertiary/aromatic N) is 1. The van der Waals surface area contributed by atoms with Crippen LogP contribution in [-0.4, -0.2) is 10.2 Å². The number of anilines is 1. The van der Waals surface area contributed by atoms with Crippen molar-refractivity contribution >= 4 is 68.3 Å². The van der Waals surface area contributed by atoms with Crippen LogP contribution in [-0.2, 0) is 11.4 Å². The van der Waals surface area contributed by atoms with E-state index in [9.17, 15) is 4.79 Å². The molecular weight excluding hydrogens is 470 g/mol. The second kappa shape index (κ2) is 9.40. The molecule has 0 aliphatic carbocycles. The van der Waals surface area contributed by atoms with Crippen molar-refractivity contribution in [1.29, 1.82) is 0 Å². The molecule has 1 saturated heterocycles. The first-order valence-corrected chi connectivity index (χ1v) is 11.9. The summed E-state index contributed by atoms with van der Waals surface area (Å²) in [6.07, 6.45) is 1.80. The first-order chi connectivity index (χ1) is 16.1. The average molecular weight is 488 g/mol. The maximum absolute atomic E-state index is 13.1. The summed E-state index contributed by atoms with van der Waals surface area (Å²) < 4.78 is 6.70. The number of thioether (sulfide) groups is 1. The third-order valence-corrected chi connectivity index (χ3v) is 6.87. The minimum Gasteiger partial charge on any atom is -0.488 e. The van der Waals surface area contributed by atoms with E-state index in [1.165, 1.54) is 17.1 Å². The van der Waals surface area contributed by atoms with E-state index in [0.29, 0.717) is 26.6 Å². The van der Waals surface area contributed by atoms with Gasteiger partial charge in [-0.05, 0) is 52.7 Å². The number of hydrogen-bond donors (Lipinski definition) is 0. The second-order valence-corrected chi connectivity index (χ2v) is 9.57. The molecule has 0 aromatic heterocycles. The van der Waals surface area contributed by atoms with Crippen LogP contribution in [0.4, 0.5) is 5.69 Å². The van der Waals surface area contributed by atoms with Crippen molar-refractivity contribution in [3.63, 3.8) is 0 Å². The van der Waals surface area contributed by atoms with Crippen LogP contribution in [0.5, 0.6) is 5.75 Å². The number of rotatable bonds is 5. The Labute approximate surface area is 206 Å². The summed E-state index contributed by atoms with van der Waals surface area (Å²) >= 11 is 13.0. The molecule has 162 valence electrons. The zero-order valence-electron chi connectivity index (χ0n) is 17.4. The molecule has 0 bridgehead atoms. The average Bonchev–Trinajstić information content (AvgIpc) is 3.11. The number of para-hydroxylation sites is 1. The second-order valence-electron chi connectivity index (χ2n) is 7.46. The maximum Gasteiger partial charge on any atom is 0.270 e. The topological polar surface area (TPSA) is 29.5 Å². The number of amides is 1. The lowest BCUT2D eigenvalue weighted by Gasteiger charge is -2.14. The molecule has 4 aromatic carbocycles. The Morgan fingerprint density at radius 1 is 0.939 bits per heavy atom. The van der Waals surface area contributed by atoms with Gasteiger partial charge in [0, 0.05) is 10.6 Å². The largest absolute Gasteiger partial charge is 0.488 e. The smallest absolute Gasteiger partial charge is 0.270 e. The molecule has 1 fully saturated rings. The molecule has 0 spiro atoms. The minimum absolute atomic E-state index is 0.156. The Morgan fingerprint density at radius 3 is 2.55 bits per heavy atom. The molecule has 4 aromatic rings. The van der Waals surface area contributed by atoms with Gasteiger partial charge in [-0.15, -0.1) is 0 Å². The molecule has 0 N–H and O–H groups in total. The molecule has 0 unspecified atom stereocenters. The van der Waals surface area contributed by atoms with E-state index in [2.05, 4.69) is 24.3 Å². The Morgan fingerprint density at radius 2 is 1.70 bits per heavy atom. The normalized spacial score (nSPS) is 14.9. The Kier molecular flexibility index (Phi) is 6.18. The summed E-state index contributed by atoms with van der Waals surface area (Å²) in [5.74, 6) is 0.494. The molecule has 0 radical (unpaired) electrons. The van der Waals surface area contributed by atoms with E-state index in [1.54, 1.807) is 23.1 Å². The van der Waals surface area contributed by atoms with Crippen LogP contribution < -0.4 is 9.64 Å². The predicted molar refractivity (Wildman–Crippen MR) is 142 cm³/mol. The highest BCUT2D eigenvalue weighted by molar-refractivity contribution is 8.27. The van der Waals surface area contributed by atoms with Crippen LogP contribution in [0.1, 0.15) is 11.1 Å². The van der Waals surface area contributed by atoms with Crippen molar-refractivity contribution in [3.05, 3.63) is 112 Å². The molecule has 3 nitrogen and oxygen atoms in total. The van der Waals surface area contributed by atoms with Gasteiger partial charge in [0.25, 0.3) is 5.91 Å². The standard InChI is InChI=1S/C27H18ClNO2S2/c28-21-13-14-24(31-17-19-9-6-8-18-7-4-5-12-23(18)19)20(15-21)16-25-26(30)29(27(32)33-25)22-10-2-1-3-11-22/h1-16H,17H2/b25-16+. The summed E-state index contributed by atoms with van der Waals surface area (Å²) in [4.78, 5) is 15.2. The Bertz CT molecular complexity index is 1400. The third-order valence-electron chi connectivity index (χ3n) is 5.33. The third kappa shape index (κ3) is 4.53. The van der Waals surface area contributed by atoms with Crippen molar-refractivity contribution in [2.45, 2.75) is 6.61 Å². The highest BCUT2D eigenvalue weighted by Gasteiger charge is 2.33. The lowest BCUT2D eigenvalue weighted by molar-refractivity contribution is -0.113. The monoisotopic (exact) mass is 487 g/mol. The Balaban J connectivity index is 1.44. The fourth-order valence-electron chi connectivity index (χ4n) is 3.75. The van der Waals surface area contributed by atoms with Crippen molar-refractivity contribution in [1.82, 2.24) is 0 Å². The van der Waals surface area contributed by atoms with Crippen molar-refractivity contribution in [2.75, 3.05) is 4.90 Å². The van der Waals surface area contributed by atoms with Gasteiger partial charge in [0.2, 0.25) is 0 Å². The molecule has 6 heteroatoms. The molecule has 33 heavy (non-hydrogen) atoms. The summed E-state index contributed by atoms with van der Waals surface area (Å²) in [6, 6.07) is 29.2. The predicted octanol–water partition coefficient (Wildman–Crippen LogP) is 7.48. The first kappa shape index (κ1) is 21.7. The number of fused-ring (bicyclic) bond motifs is 1. The van der Waals surface area contributed by atoms with Gasteiger partial charge in [-0.3, -0.25) is 9.69 Å². The highest BCUT2D eigenvalue weighted by Crippen LogP contribution is 2.37. The molecule has 1 amide bonds. The molecule has 1 aliphatic heterocycles. The van der Waals surface area contributed by atoms with E-state index in [0.717, 1.165) is 22.2 Å². The Hall–Kier alpha value is -3.12. The fraction of sp³-hybridized carbons (Fsp3) is 0.0370. The van der Waals surface area contributed by atoms with E-state index in [4.69, 9.17) is 28.6 Å². The fourth-order valence-corrected chi connectivity index (χ4v) is 5.22. The van der Waals surface area contributed by atoms with Crippen LogP contribution in [0.25, 0.3) is 16.8 Å². The maximum atomic E-state index is 13.1. The summed E-state index contributed by atoms with van der Waals surface area (Å²) in [5, 5.41) is 2.89. The highest BCUT2D eigenvalue weighted by atomic mass is 35.5. The van der Waals surface area contributed by atoms with Gasteiger partial charge >= 0.3 is 0 Å². The number of hydrogen-bond acceptors (Lipinski definition) is 4. The van der Waals surface area contributed by atoms with Gasteiger partial charge in [0.1, 0.15) is 12.4 Å². The lowest BCUT2D eigenvalue weighted by atomic mass is 10.1. The molecule has 5 rings (SSSR count). The van der Waals surface area contributed by atoms with Gasteiger partial charge in [0.05, 0.1) is 10.6 Å². The van der Waals surface area contributed by atoms with E-state index >= 15 is 0 Å². The molecular formula is C27H18ClNO2S2. The van der Waals surface area contributed by atoms with Crippen LogP contribution in [0.3, 0.4) is 0 Å². The van der Waals surface area contributed by atoms with E-state index in [1.807, 2.05) is 54.6 Å². The van der Waals surface area contributed by atoms with Gasteiger partial charge < -0.3 is 4.74 Å². The zero-order valence-corrected chi connectivity index (χ0v) is 19.8. The summed E-state index contributed by atoms with van der Waals surface area (Å²) in [5.41, 5.74) is 2.57. The van der Waals surface area contributed by atoms with Gasteiger partial charge in [-0.1, -0.05) is 96.2 Å². The van der Waals surface area contributed by atoms with E-state index in [-0.39, 0.29) is 5.91 Å². The zero-order chi connectivity index (χ0) is 22.8. The minimum atomic E-state index is -0.156. The summed E-state index contributed by atoms with van der Waals surface area (Å²) in [7, 11) is 0. The van der Waals surface area contributed by atoms with E-state index < -0.39 is 0 Å². The number of ether oxygens (including phenoxy) is 1. The molecule has 0 saturated carbocycles. The van der Waals surface area contributed by atoms with Crippen molar-refractivity contribution < 1.29 is 9.53 Å². The number of carbonyl (C=O) groups is 1.